The Morgan fingerprint density at radius 2 is 2.06 bits per heavy atom. The van der Waals surface area contributed by atoms with Gasteiger partial charge in [-0.2, -0.15) is 0 Å². The van der Waals surface area contributed by atoms with E-state index in [1.54, 1.807) is 0 Å². The van der Waals surface area contributed by atoms with E-state index in [-0.39, 0.29) is 18.4 Å². The molecule has 1 atom stereocenters. The van der Waals surface area contributed by atoms with Crippen LogP contribution in [0.4, 0.5) is 0 Å². The van der Waals surface area contributed by atoms with Gasteiger partial charge in [0, 0.05) is 13.0 Å². The van der Waals surface area contributed by atoms with Crippen LogP contribution in [0.15, 0.2) is 0 Å². The summed E-state index contributed by atoms with van der Waals surface area (Å²) in [5.41, 5.74) is 0. The van der Waals surface area contributed by atoms with Gasteiger partial charge in [-0.05, 0) is 31.3 Å². The fourth-order valence-electron chi connectivity index (χ4n) is 1.78. The maximum Gasteiger partial charge on any atom is 0.239 e. The summed E-state index contributed by atoms with van der Waals surface area (Å²) in [4.78, 5) is 22.9. The minimum atomic E-state index is -0.114. The molecule has 0 aromatic heterocycles. The lowest BCUT2D eigenvalue weighted by atomic mass is 10.0. The Labute approximate surface area is 103 Å². The van der Waals surface area contributed by atoms with Crippen LogP contribution in [0.3, 0.4) is 0 Å². The Balaban J connectivity index is 2.08. The van der Waals surface area contributed by atoms with E-state index in [1.165, 1.54) is 0 Å². The van der Waals surface area contributed by atoms with Crippen molar-refractivity contribution in [3.63, 3.8) is 0 Å². The Morgan fingerprint density at radius 3 is 2.65 bits per heavy atom. The van der Waals surface area contributed by atoms with Crippen LogP contribution in [-0.4, -0.2) is 38.0 Å². The second kappa shape index (κ2) is 7.27. The SMILES string of the molecule is CC(C)CNC(=O)CNC(=O)CC1CCNC1. The average Bonchev–Trinajstić information content (AvgIpc) is 2.76. The monoisotopic (exact) mass is 241 g/mol. The van der Waals surface area contributed by atoms with Crippen LogP contribution >= 0.6 is 0 Å². The Morgan fingerprint density at radius 1 is 1.29 bits per heavy atom. The van der Waals surface area contributed by atoms with E-state index in [9.17, 15) is 9.59 Å². The highest BCUT2D eigenvalue weighted by Crippen LogP contribution is 2.11. The van der Waals surface area contributed by atoms with E-state index < -0.39 is 0 Å². The predicted molar refractivity (Wildman–Crippen MR) is 66.5 cm³/mol. The number of hydrogen-bond donors (Lipinski definition) is 3. The van der Waals surface area contributed by atoms with Crippen molar-refractivity contribution in [3.05, 3.63) is 0 Å². The van der Waals surface area contributed by atoms with Crippen LogP contribution in [0, 0.1) is 11.8 Å². The van der Waals surface area contributed by atoms with Gasteiger partial charge in [-0.1, -0.05) is 13.8 Å². The fourth-order valence-corrected chi connectivity index (χ4v) is 1.78. The van der Waals surface area contributed by atoms with Crippen molar-refractivity contribution in [1.29, 1.82) is 0 Å². The van der Waals surface area contributed by atoms with E-state index in [4.69, 9.17) is 0 Å². The molecule has 0 radical (unpaired) electrons. The molecular formula is C12H23N3O2. The van der Waals surface area contributed by atoms with Gasteiger partial charge in [0.25, 0.3) is 0 Å². The normalized spacial score (nSPS) is 19.4. The van der Waals surface area contributed by atoms with Crippen molar-refractivity contribution >= 4 is 11.8 Å². The third-order valence-corrected chi connectivity index (χ3v) is 2.79. The summed E-state index contributed by atoms with van der Waals surface area (Å²) in [6, 6.07) is 0. The highest BCUT2D eigenvalue weighted by Gasteiger charge is 2.18. The molecule has 1 unspecified atom stereocenters. The number of rotatable bonds is 6. The van der Waals surface area contributed by atoms with Crippen molar-refractivity contribution in [1.82, 2.24) is 16.0 Å². The summed E-state index contributed by atoms with van der Waals surface area (Å²) >= 11 is 0. The van der Waals surface area contributed by atoms with Crippen LogP contribution in [-0.2, 0) is 9.59 Å². The van der Waals surface area contributed by atoms with Crippen LogP contribution in [0.25, 0.3) is 0 Å². The van der Waals surface area contributed by atoms with Gasteiger partial charge in [0.15, 0.2) is 0 Å². The zero-order chi connectivity index (χ0) is 12.7. The van der Waals surface area contributed by atoms with Crippen molar-refractivity contribution in [2.24, 2.45) is 11.8 Å². The van der Waals surface area contributed by atoms with Crippen molar-refractivity contribution in [2.75, 3.05) is 26.2 Å². The quantitative estimate of drug-likeness (QED) is 0.607. The number of hydrogen-bond acceptors (Lipinski definition) is 3. The molecule has 1 aliphatic heterocycles. The third kappa shape index (κ3) is 6.26. The van der Waals surface area contributed by atoms with Crippen LogP contribution in [0.1, 0.15) is 26.7 Å². The lowest BCUT2D eigenvalue weighted by Gasteiger charge is -2.10. The average molecular weight is 241 g/mol. The van der Waals surface area contributed by atoms with E-state index in [1.807, 2.05) is 13.8 Å². The van der Waals surface area contributed by atoms with Gasteiger partial charge in [-0.15, -0.1) is 0 Å². The molecule has 1 aliphatic rings. The van der Waals surface area contributed by atoms with Gasteiger partial charge in [0.1, 0.15) is 0 Å². The highest BCUT2D eigenvalue weighted by atomic mass is 16.2. The predicted octanol–water partition coefficient (Wildman–Crippen LogP) is -0.126. The van der Waals surface area contributed by atoms with Crippen molar-refractivity contribution in [2.45, 2.75) is 26.7 Å². The summed E-state index contributed by atoms with van der Waals surface area (Å²) in [6.45, 7) is 6.71. The summed E-state index contributed by atoms with van der Waals surface area (Å²) < 4.78 is 0. The lowest BCUT2D eigenvalue weighted by Crippen LogP contribution is -2.38. The molecule has 1 fully saturated rings. The Bertz CT molecular complexity index is 260. The molecule has 3 N–H and O–H groups in total. The smallest absolute Gasteiger partial charge is 0.239 e. The van der Waals surface area contributed by atoms with Gasteiger partial charge in [-0.25, -0.2) is 0 Å². The largest absolute Gasteiger partial charge is 0.354 e. The molecule has 0 spiro atoms. The topological polar surface area (TPSA) is 70.2 Å². The summed E-state index contributed by atoms with van der Waals surface area (Å²) in [5, 5.41) is 8.64. The summed E-state index contributed by atoms with van der Waals surface area (Å²) in [5.74, 6) is 0.711. The molecule has 0 bridgehead atoms. The van der Waals surface area contributed by atoms with Crippen LogP contribution in [0.2, 0.25) is 0 Å². The minimum Gasteiger partial charge on any atom is -0.354 e. The third-order valence-electron chi connectivity index (χ3n) is 2.79. The minimum absolute atomic E-state index is 0.0293. The summed E-state index contributed by atoms with van der Waals surface area (Å²) in [7, 11) is 0. The second-order valence-corrected chi connectivity index (χ2v) is 5.04. The second-order valence-electron chi connectivity index (χ2n) is 5.04. The highest BCUT2D eigenvalue weighted by molar-refractivity contribution is 5.84. The van der Waals surface area contributed by atoms with E-state index in [0.29, 0.717) is 24.8 Å². The zero-order valence-electron chi connectivity index (χ0n) is 10.7. The molecule has 0 saturated carbocycles. The number of amides is 2. The Hall–Kier alpha value is -1.10. The molecule has 98 valence electrons. The van der Waals surface area contributed by atoms with Gasteiger partial charge in [-0.3, -0.25) is 9.59 Å². The Kier molecular flexibility index (Phi) is 5.97. The zero-order valence-corrected chi connectivity index (χ0v) is 10.7. The molecule has 17 heavy (non-hydrogen) atoms. The standard InChI is InChI=1S/C12H23N3O2/c1-9(2)6-14-12(17)8-15-11(16)5-10-3-4-13-7-10/h9-10,13H,3-8H2,1-2H3,(H,14,17)(H,15,16). The maximum absolute atomic E-state index is 11.5. The maximum atomic E-state index is 11.5. The molecule has 5 nitrogen and oxygen atoms in total. The molecule has 0 aromatic rings. The van der Waals surface area contributed by atoms with Gasteiger partial charge in [0.2, 0.25) is 11.8 Å². The summed E-state index contributed by atoms with van der Waals surface area (Å²) in [6.07, 6.45) is 1.57. The first-order chi connectivity index (χ1) is 8.08. The number of nitrogens with one attached hydrogen (secondary N) is 3. The molecule has 5 heteroatoms. The van der Waals surface area contributed by atoms with Crippen molar-refractivity contribution < 1.29 is 9.59 Å². The number of carbonyl (C=O) groups is 2. The molecule has 0 aliphatic carbocycles. The van der Waals surface area contributed by atoms with Crippen molar-refractivity contribution in [3.8, 4) is 0 Å². The van der Waals surface area contributed by atoms with E-state index in [0.717, 1.165) is 19.5 Å². The first-order valence-electron chi connectivity index (χ1n) is 6.32. The molecular weight excluding hydrogens is 218 g/mol. The first-order valence-corrected chi connectivity index (χ1v) is 6.32. The van der Waals surface area contributed by atoms with E-state index >= 15 is 0 Å². The molecule has 1 heterocycles. The molecule has 1 saturated heterocycles. The number of carbonyl (C=O) groups excluding carboxylic acids is 2. The van der Waals surface area contributed by atoms with Gasteiger partial charge in [0.05, 0.1) is 6.54 Å². The van der Waals surface area contributed by atoms with Gasteiger partial charge < -0.3 is 16.0 Å². The fraction of sp³-hybridized carbons (Fsp3) is 0.833. The van der Waals surface area contributed by atoms with Gasteiger partial charge >= 0.3 is 0 Å². The first kappa shape index (κ1) is 14.0. The van der Waals surface area contributed by atoms with Crippen LogP contribution < -0.4 is 16.0 Å². The van der Waals surface area contributed by atoms with Crippen LogP contribution in [0.5, 0.6) is 0 Å². The molecule has 2 amide bonds. The lowest BCUT2D eigenvalue weighted by molar-refractivity contribution is -0.126. The molecule has 1 rings (SSSR count). The molecule has 0 aromatic carbocycles. The van der Waals surface area contributed by atoms with E-state index in [2.05, 4.69) is 16.0 Å².